The van der Waals surface area contributed by atoms with Crippen LogP contribution in [0.2, 0.25) is 0 Å². The van der Waals surface area contributed by atoms with Crippen molar-refractivity contribution in [1.82, 2.24) is 20.4 Å². The van der Waals surface area contributed by atoms with Gasteiger partial charge in [0.25, 0.3) is 0 Å². The summed E-state index contributed by atoms with van der Waals surface area (Å²) in [6.45, 7) is 6.59. The zero-order chi connectivity index (χ0) is 21.4. The van der Waals surface area contributed by atoms with Crippen molar-refractivity contribution in [2.24, 2.45) is 10.4 Å². The molecule has 1 aliphatic heterocycles. The maximum Gasteiger partial charge on any atom is 0.243 e. The van der Waals surface area contributed by atoms with Gasteiger partial charge in [-0.2, -0.15) is 0 Å². The number of nitrogens with one attached hydrogen (secondary N) is 2. The van der Waals surface area contributed by atoms with Crippen LogP contribution in [0, 0.1) is 5.41 Å². The van der Waals surface area contributed by atoms with E-state index in [1.54, 1.807) is 19.0 Å². The van der Waals surface area contributed by atoms with Crippen LogP contribution in [0.5, 0.6) is 0 Å². The second-order valence-electron chi connectivity index (χ2n) is 9.19. The largest absolute Gasteiger partial charge is 0.356 e. The van der Waals surface area contributed by atoms with E-state index in [1.165, 1.54) is 31.2 Å². The van der Waals surface area contributed by atoms with Gasteiger partial charge in [-0.05, 0) is 43.1 Å². The van der Waals surface area contributed by atoms with Crippen molar-refractivity contribution in [2.45, 2.75) is 58.0 Å². The summed E-state index contributed by atoms with van der Waals surface area (Å²) in [6, 6.07) is 11.1. The van der Waals surface area contributed by atoms with E-state index < -0.39 is 0 Å². The fraction of sp³-hybridized carbons (Fsp3) is 0.667. The van der Waals surface area contributed by atoms with Crippen LogP contribution in [-0.4, -0.2) is 68.0 Å². The number of hydrogen-bond donors (Lipinski definition) is 2. The van der Waals surface area contributed by atoms with Crippen LogP contribution in [0.1, 0.15) is 51.0 Å². The van der Waals surface area contributed by atoms with Crippen LogP contribution >= 0.6 is 0 Å². The molecule has 1 amide bonds. The highest BCUT2D eigenvalue weighted by molar-refractivity contribution is 5.85. The minimum absolute atomic E-state index is 0.0302. The number of hydrogen-bond acceptors (Lipinski definition) is 3. The number of amides is 1. The van der Waals surface area contributed by atoms with E-state index in [9.17, 15) is 4.79 Å². The molecule has 30 heavy (non-hydrogen) atoms. The van der Waals surface area contributed by atoms with Gasteiger partial charge < -0.3 is 15.5 Å². The summed E-state index contributed by atoms with van der Waals surface area (Å²) < 4.78 is 0. The van der Waals surface area contributed by atoms with E-state index in [0.717, 1.165) is 45.0 Å². The van der Waals surface area contributed by atoms with Gasteiger partial charge in [0, 0.05) is 46.3 Å². The summed E-state index contributed by atoms with van der Waals surface area (Å²) in [4.78, 5) is 20.8. The first-order chi connectivity index (χ1) is 14.5. The van der Waals surface area contributed by atoms with Crippen LogP contribution in [-0.2, 0) is 11.3 Å². The minimum atomic E-state index is 0.0302. The van der Waals surface area contributed by atoms with Crippen molar-refractivity contribution in [3.8, 4) is 0 Å². The van der Waals surface area contributed by atoms with Crippen LogP contribution in [0.3, 0.4) is 0 Å². The molecule has 0 unspecified atom stereocenters. The average Bonchev–Trinajstić information content (AvgIpc) is 2.73. The van der Waals surface area contributed by atoms with Gasteiger partial charge in [0.1, 0.15) is 6.54 Å². The lowest BCUT2D eigenvalue weighted by molar-refractivity contribution is -0.127. The number of nitrogens with zero attached hydrogens (tertiary/aromatic N) is 3. The van der Waals surface area contributed by atoms with Gasteiger partial charge in [0.15, 0.2) is 5.96 Å². The Morgan fingerprint density at radius 1 is 1.20 bits per heavy atom. The molecule has 1 aromatic carbocycles. The second kappa shape index (κ2) is 10.8. The molecule has 1 aliphatic carbocycles. The smallest absolute Gasteiger partial charge is 0.243 e. The minimum Gasteiger partial charge on any atom is -0.356 e. The van der Waals surface area contributed by atoms with Gasteiger partial charge in [-0.3, -0.25) is 9.69 Å². The highest BCUT2D eigenvalue weighted by Crippen LogP contribution is 2.43. The molecule has 2 fully saturated rings. The topological polar surface area (TPSA) is 60.0 Å². The number of piperidine rings is 1. The normalized spacial score (nSPS) is 19.8. The highest BCUT2D eigenvalue weighted by Gasteiger charge is 2.35. The predicted molar refractivity (Wildman–Crippen MR) is 123 cm³/mol. The first-order valence-corrected chi connectivity index (χ1v) is 11.5. The third-order valence-corrected chi connectivity index (χ3v) is 6.84. The molecule has 166 valence electrons. The maximum atomic E-state index is 12.0. The molecule has 1 heterocycles. The van der Waals surface area contributed by atoms with Crippen LogP contribution in [0.15, 0.2) is 35.3 Å². The molecule has 1 saturated carbocycles. The summed E-state index contributed by atoms with van der Waals surface area (Å²) >= 11 is 0. The van der Waals surface area contributed by atoms with Crippen molar-refractivity contribution in [3.63, 3.8) is 0 Å². The summed E-state index contributed by atoms with van der Waals surface area (Å²) in [7, 11) is 3.56. The number of likely N-dealkylation sites (N-methyl/N-ethyl adjacent to an activating group) is 1. The molecular weight excluding hydrogens is 374 g/mol. The van der Waals surface area contributed by atoms with E-state index in [0.29, 0.717) is 11.5 Å². The fourth-order valence-electron chi connectivity index (χ4n) is 4.31. The van der Waals surface area contributed by atoms with Crippen molar-refractivity contribution in [1.29, 1.82) is 0 Å². The Hall–Kier alpha value is -2.08. The van der Waals surface area contributed by atoms with E-state index in [4.69, 9.17) is 0 Å². The number of guanidine groups is 1. The molecule has 2 aliphatic rings. The Morgan fingerprint density at radius 2 is 1.90 bits per heavy atom. The van der Waals surface area contributed by atoms with E-state index >= 15 is 0 Å². The summed E-state index contributed by atoms with van der Waals surface area (Å²) in [5, 5.41) is 7.18. The Labute approximate surface area is 182 Å². The SMILES string of the molecule is CCC1(CNC(=NCC(=O)N(C)C)NC2CCN(Cc3ccccc3)CC2)CCC1. The first kappa shape index (κ1) is 22.6. The monoisotopic (exact) mass is 413 g/mol. The second-order valence-corrected chi connectivity index (χ2v) is 9.19. The standard InChI is InChI=1S/C24H39N5O/c1-4-24(13-8-14-24)19-26-23(25-17-22(30)28(2)3)27-21-11-15-29(16-12-21)18-20-9-6-5-7-10-20/h5-7,9-10,21H,4,8,11-19H2,1-3H3,(H2,25,26,27). The molecule has 1 aromatic rings. The number of carbonyl (C=O) groups excluding carboxylic acids is 1. The van der Waals surface area contributed by atoms with Crippen molar-refractivity contribution in [3.05, 3.63) is 35.9 Å². The third kappa shape index (κ3) is 6.46. The number of aliphatic imine (C=N–C) groups is 1. The summed E-state index contributed by atoms with van der Waals surface area (Å²) in [5.74, 6) is 0.828. The lowest BCUT2D eigenvalue weighted by Gasteiger charge is -2.42. The predicted octanol–water partition coefficient (Wildman–Crippen LogP) is 2.85. The Bertz CT molecular complexity index is 685. The molecule has 6 nitrogen and oxygen atoms in total. The lowest BCUT2D eigenvalue weighted by atomic mass is 9.67. The zero-order valence-electron chi connectivity index (χ0n) is 19.0. The van der Waals surface area contributed by atoms with Crippen molar-refractivity contribution < 1.29 is 4.79 Å². The van der Waals surface area contributed by atoms with Gasteiger partial charge in [0.2, 0.25) is 5.91 Å². The van der Waals surface area contributed by atoms with Crippen LogP contribution in [0.25, 0.3) is 0 Å². The average molecular weight is 414 g/mol. The molecular formula is C24H39N5O. The molecule has 6 heteroatoms. The van der Waals surface area contributed by atoms with Gasteiger partial charge in [0.05, 0.1) is 0 Å². The number of carbonyl (C=O) groups is 1. The maximum absolute atomic E-state index is 12.0. The number of benzene rings is 1. The Morgan fingerprint density at radius 3 is 2.47 bits per heavy atom. The highest BCUT2D eigenvalue weighted by atomic mass is 16.2. The lowest BCUT2D eigenvalue weighted by Crippen LogP contribution is -2.51. The molecule has 3 rings (SSSR count). The molecule has 2 N–H and O–H groups in total. The van der Waals surface area contributed by atoms with Gasteiger partial charge in [-0.15, -0.1) is 0 Å². The van der Waals surface area contributed by atoms with Crippen molar-refractivity contribution in [2.75, 3.05) is 40.3 Å². The zero-order valence-corrected chi connectivity index (χ0v) is 19.0. The Kier molecular flexibility index (Phi) is 8.14. The molecule has 1 saturated heterocycles. The van der Waals surface area contributed by atoms with Gasteiger partial charge in [-0.25, -0.2) is 4.99 Å². The van der Waals surface area contributed by atoms with E-state index in [2.05, 4.69) is 57.8 Å². The first-order valence-electron chi connectivity index (χ1n) is 11.5. The fourth-order valence-corrected chi connectivity index (χ4v) is 4.31. The molecule has 0 bridgehead atoms. The van der Waals surface area contributed by atoms with Gasteiger partial charge >= 0.3 is 0 Å². The number of rotatable bonds is 8. The van der Waals surface area contributed by atoms with E-state index in [-0.39, 0.29) is 12.5 Å². The quantitative estimate of drug-likeness (QED) is 0.508. The Balaban J connectivity index is 1.52. The molecule has 0 spiro atoms. The molecule has 0 aromatic heterocycles. The summed E-state index contributed by atoms with van der Waals surface area (Å²) in [6.07, 6.45) is 7.29. The molecule has 0 atom stereocenters. The van der Waals surface area contributed by atoms with Crippen LogP contribution < -0.4 is 10.6 Å². The van der Waals surface area contributed by atoms with Crippen LogP contribution in [0.4, 0.5) is 0 Å². The third-order valence-electron chi connectivity index (χ3n) is 6.84. The van der Waals surface area contributed by atoms with E-state index in [1.807, 2.05) is 0 Å². The molecule has 0 radical (unpaired) electrons. The number of likely N-dealkylation sites (tertiary alicyclic amines) is 1. The van der Waals surface area contributed by atoms with Gasteiger partial charge in [-0.1, -0.05) is 43.7 Å². The van der Waals surface area contributed by atoms with Crippen molar-refractivity contribution >= 4 is 11.9 Å². The summed E-state index contributed by atoms with van der Waals surface area (Å²) in [5.41, 5.74) is 1.79.